The fraction of sp³-hybridized carbons (Fsp3) is 0.600. The second-order valence-electron chi connectivity index (χ2n) is 6.52. The van der Waals surface area contributed by atoms with Gasteiger partial charge >= 0.3 is 0 Å². The lowest BCUT2D eigenvalue weighted by atomic mass is 10.00. The monoisotopic (exact) mass is 312 g/mol. The Balaban J connectivity index is 2.06. The number of hydrogen-bond acceptors (Lipinski definition) is 4. The third-order valence-electron chi connectivity index (χ3n) is 3.94. The Labute approximate surface area is 126 Å². The number of aliphatic hydroxyl groups is 1. The van der Waals surface area contributed by atoms with E-state index in [1.807, 2.05) is 6.92 Å². The Hall–Kier alpha value is -1.03. The molecule has 4 atom stereocenters. The molecule has 21 heavy (non-hydrogen) atoms. The zero-order chi connectivity index (χ0) is 15.8. The van der Waals surface area contributed by atoms with E-state index in [-0.39, 0.29) is 24.2 Å². The van der Waals surface area contributed by atoms with Crippen molar-refractivity contribution < 1.29 is 14.6 Å². The molecule has 0 spiro atoms. The molecule has 0 radical (unpaired) electrons. The summed E-state index contributed by atoms with van der Waals surface area (Å²) in [6.07, 6.45) is 8.08. The summed E-state index contributed by atoms with van der Waals surface area (Å²) < 4.78 is 6.03. The van der Waals surface area contributed by atoms with Crippen LogP contribution in [0.3, 0.4) is 0 Å². The molecule has 0 aromatic heterocycles. The number of hydrogen-bond donors (Lipinski definition) is 2. The smallest absolute Gasteiger partial charge is 0.250 e. The molecule has 2 aliphatic rings. The first-order chi connectivity index (χ1) is 9.69. The highest BCUT2D eigenvalue weighted by molar-refractivity contribution is 7.72. The van der Waals surface area contributed by atoms with Gasteiger partial charge in [-0.15, -0.1) is 13.2 Å². The molecule has 1 unspecified atom stereocenters. The number of rotatable bonds is 4. The number of nitrogens with one attached hydrogen (secondary N) is 1. The van der Waals surface area contributed by atoms with E-state index in [0.29, 0.717) is 5.82 Å². The second-order valence-corrected chi connectivity index (χ2v) is 10.8. The van der Waals surface area contributed by atoms with Gasteiger partial charge in [-0.2, -0.15) is 0 Å². The van der Waals surface area contributed by atoms with Crippen LogP contribution in [-0.4, -0.2) is 60.1 Å². The minimum atomic E-state index is -1.13. The summed E-state index contributed by atoms with van der Waals surface area (Å²) in [5.74, 6) is 0.234. The molecule has 0 aromatic carbocycles. The van der Waals surface area contributed by atoms with Crippen molar-refractivity contribution in [1.29, 1.82) is 0 Å². The van der Waals surface area contributed by atoms with Crippen LogP contribution < -0.4 is 5.32 Å². The molecule has 5 nitrogen and oxygen atoms in total. The summed E-state index contributed by atoms with van der Waals surface area (Å²) in [7, 11) is 0. The number of carbonyl (C=O) groups is 1. The fourth-order valence-corrected chi connectivity index (χ4v) is 3.60. The van der Waals surface area contributed by atoms with Crippen molar-refractivity contribution in [1.82, 2.24) is 10.2 Å². The second kappa shape index (κ2) is 5.99. The van der Waals surface area contributed by atoms with Gasteiger partial charge in [-0.05, 0) is 25.9 Å². The molecule has 1 saturated heterocycles. The molecule has 0 bridgehead atoms. The molecule has 2 N–H and O–H groups in total. The molecule has 2 rings (SSSR count). The number of ether oxygens (including phenoxy) is 1. The Morgan fingerprint density at radius 2 is 2.19 bits per heavy atom. The molecule has 1 amide bonds. The first kappa shape index (κ1) is 16.3. The van der Waals surface area contributed by atoms with E-state index in [1.54, 1.807) is 11.1 Å². The van der Waals surface area contributed by atoms with Gasteiger partial charge in [0.15, 0.2) is 0 Å². The lowest BCUT2D eigenvalue weighted by Gasteiger charge is -2.33. The lowest BCUT2D eigenvalue weighted by Crippen LogP contribution is -2.43. The van der Waals surface area contributed by atoms with Crippen LogP contribution in [0.4, 0.5) is 0 Å². The van der Waals surface area contributed by atoms with E-state index in [9.17, 15) is 9.90 Å². The third kappa shape index (κ3) is 3.79. The summed E-state index contributed by atoms with van der Waals surface area (Å²) in [6, 6.07) is 0. The number of aliphatic hydroxyl groups excluding tert-OH is 1. The van der Waals surface area contributed by atoms with Crippen molar-refractivity contribution in [2.24, 2.45) is 5.92 Å². The number of amides is 1. The molecule has 118 valence electrons. The average molecular weight is 312 g/mol. The minimum absolute atomic E-state index is 0.0577. The minimum Gasteiger partial charge on any atom is -0.390 e. The highest BCUT2D eigenvalue weighted by atomic mass is 31.2. The van der Waals surface area contributed by atoms with Crippen LogP contribution in [0, 0.1) is 5.92 Å². The van der Waals surface area contributed by atoms with Crippen molar-refractivity contribution in [3.8, 4) is 0 Å². The largest absolute Gasteiger partial charge is 0.390 e. The lowest BCUT2D eigenvalue weighted by molar-refractivity contribution is -0.117. The van der Waals surface area contributed by atoms with E-state index in [4.69, 9.17) is 4.74 Å². The van der Waals surface area contributed by atoms with Crippen LogP contribution in [0.25, 0.3) is 0 Å². The Bertz CT molecular complexity index is 511. The van der Waals surface area contributed by atoms with Crippen LogP contribution >= 0.6 is 6.89 Å². The maximum atomic E-state index is 11.3. The quantitative estimate of drug-likeness (QED) is 0.767. The number of nitrogens with zero attached hydrogens (tertiary/aromatic N) is 1. The summed E-state index contributed by atoms with van der Waals surface area (Å²) >= 11 is 0. The van der Waals surface area contributed by atoms with Gasteiger partial charge in [0.1, 0.15) is 12.0 Å². The van der Waals surface area contributed by atoms with E-state index < -0.39 is 13.0 Å². The molecule has 1 fully saturated rings. The van der Waals surface area contributed by atoms with Crippen LogP contribution in [0.15, 0.2) is 24.7 Å². The van der Waals surface area contributed by atoms with E-state index in [0.717, 1.165) is 12.6 Å². The highest BCUT2D eigenvalue weighted by Gasteiger charge is 2.44. The summed E-state index contributed by atoms with van der Waals surface area (Å²) in [5, 5.41) is 13.0. The first-order valence-electron chi connectivity index (χ1n) is 7.16. The first-order valence-corrected chi connectivity index (χ1v) is 10.2. The SMILES string of the molecule is C=C1NC(=O)C=CN1[C@@H]1O[C@H](CCP(=C)(C)C)C(O)[C@H]1C. The average Bonchev–Trinajstić information content (AvgIpc) is 2.64. The van der Waals surface area contributed by atoms with Crippen LogP contribution in [-0.2, 0) is 9.53 Å². The molecule has 6 heteroatoms. The van der Waals surface area contributed by atoms with Crippen LogP contribution in [0.5, 0.6) is 0 Å². The molecule has 0 aromatic rings. The molecule has 2 heterocycles. The van der Waals surface area contributed by atoms with Crippen LogP contribution in [0.1, 0.15) is 13.3 Å². The maximum Gasteiger partial charge on any atom is 0.250 e. The summed E-state index contributed by atoms with van der Waals surface area (Å²) in [6.45, 7) is 9.02. The van der Waals surface area contributed by atoms with Crippen molar-refractivity contribution in [2.75, 3.05) is 19.5 Å². The Morgan fingerprint density at radius 1 is 1.52 bits per heavy atom. The van der Waals surface area contributed by atoms with Gasteiger partial charge in [0.05, 0.1) is 12.2 Å². The van der Waals surface area contributed by atoms with Gasteiger partial charge in [-0.1, -0.05) is 13.5 Å². The highest BCUT2D eigenvalue weighted by Crippen LogP contribution is 2.39. The van der Waals surface area contributed by atoms with Gasteiger partial charge in [0.2, 0.25) is 0 Å². The molecular formula is C15H25N2O3P. The predicted molar refractivity (Wildman–Crippen MR) is 87.5 cm³/mol. The zero-order valence-corrected chi connectivity index (χ0v) is 13.8. The van der Waals surface area contributed by atoms with Crippen molar-refractivity contribution >= 4 is 19.1 Å². The van der Waals surface area contributed by atoms with E-state index in [2.05, 4.69) is 31.5 Å². The number of carbonyl (C=O) groups excluding carboxylic acids is 1. The van der Waals surface area contributed by atoms with E-state index >= 15 is 0 Å². The maximum absolute atomic E-state index is 11.3. The molecule has 0 saturated carbocycles. The zero-order valence-electron chi connectivity index (χ0n) is 13.0. The van der Waals surface area contributed by atoms with Crippen molar-refractivity contribution in [3.63, 3.8) is 0 Å². The summed E-state index contributed by atoms with van der Waals surface area (Å²) in [5.41, 5.74) is 0. The van der Waals surface area contributed by atoms with Crippen LogP contribution in [0.2, 0.25) is 0 Å². The fourth-order valence-electron chi connectivity index (χ4n) is 2.65. The standard InChI is InChI=1S/C15H25N2O3P/c1-10-14(19)12(7-9-21(3,4)5)20-15(10)17-8-6-13(18)16-11(17)2/h6,8,10,12,14-15,19H,2-3,7,9H2,1,4-5H3,(H,16,18)/t10-,12-,14?,15-/m1/s1. The molecule has 0 aliphatic carbocycles. The van der Waals surface area contributed by atoms with Gasteiger partial charge in [0.25, 0.3) is 5.91 Å². The molecular weight excluding hydrogens is 287 g/mol. The van der Waals surface area contributed by atoms with Gasteiger partial charge in [-0.25, -0.2) is 0 Å². The topological polar surface area (TPSA) is 61.8 Å². The van der Waals surface area contributed by atoms with E-state index in [1.165, 1.54) is 6.08 Å². The third-order valence-corrected chi connectivity index (χ3v) is 5.41. The normalized spacial score (nSPS) is 33.4. The molecule has 2 aliphatic heterocycles. The van der Waals surface area contributed by atoms with Crippen molar-refractivity contribution in [2.45, 2.75) is 31.8 Å². The summed E-state index contributed by atoms with van der Waals surface area (Å²) in [4.78, 5) is 13.1. The van der Waals surface area contributed by atoms with Gasteiger partial charge in [-0.3, -0.25) is 4.79 Å². The van der Waals surface area contributed by atoms with Crippen molar-refractivity contribution in [3.05, 3.63) is 24.7 Å². The van der Waals surface area contributed by atoms with Gasteiger partial charge in [0, 0.05) is 18.2 Å². The van der Waals surface area contributed by atoms with Gasteiger partial charge < -0.3 is 20.1 Å². The Kier molecular flexibility index (Phi) is 4.66. The Morgan fingerprint density at radius 3 is 2.76 bits per heavy atom. The predicted octanol–water partition coefficient (Wildman–Crippen LogP) is 1.22.